The lowest BCUT2D eigenvalue weighted by Crippen LogP contribution is -2.12. The number of carbonyl (C=O) groups is 2. The van der Waals surface area contributed by atoms with Gasteiger partial charge in [-0.3, -0.25) is 0 Å². The Morgan fingerprint density at radius 3 is 2.54 bits per heavy atom. The van der Waals surface area contributed by atoms with Crippen LogP contribution in [0.4, 0.5) is 0 Å². The molecule has 1 rings (SSSR count). The minimum absolute atomic E-state index is 0.110. The first-order valence-corrected chi connectivity index (χ1v) is 7.46. The number of carbonyl (C=O) groups excluding carboxylic acids is 2. The Kier molecular flexibility index (Phi) is 8.11. The number of esters is 2. The van der Waals surface area contributed by atoms with Crippen LogP contribution in [-0.4, -0.2) is 38.9 Å². The highest BCUT2D eigenvalue weighted by Gasteiger charge is 2.07. The van der Waals surface area contributed by atoms with Crippen molar-refractivity contribution < 1.29 is 28.5 Å². The third kappa shape index (κ3) is 6.56. The molecule has 24 heavy (non-hydrogen) atoms. The van der Waals surface area contributed by atoms with Crippen LogP contribution >= 0.6 is 0 Å². The molecule has 0 bridgehead atoms. The van der Waals surface area contributed by atoms with E-state index in [0.717, 1.165) is 5.56 Å². The molecule has 6 nitrogen and oxygen atoms in total. The first kappa shape index (κ1) is 19.3. The average Bonchev–Trinajstić information content (AvgIpc) is 2.57. The Hall–Kier alpha value is -2.76. The van der Waals surface area contributed by atoms with Gasteiger partial charge in [0.05, 0.1) is 13.7 Å². The molecule has 0 aromatic heterocycles. The van der Waals surface area contributed by atoms with Crippen molar-refractivity contribution in [2.45, 2.75) is 13.8 Å². The van der Waals surface area contributed by atoms with Crippen molar-refractivity contribution >= 4 is 18.0 Å². The Labute approximate surface area is 141 Å². The molecule has 0 aliphatic heterocycles. The van der Waals surface area contributed by atoms with Gasteiger partial charge in [-0.05, 0) is 37.6 Å². The monoisotopic (exact) mass is 334 g/mol. The van der Waals surface area contributed by atoms with Crippen LogP contribution in [0.2, 0.25) is 0 Å². The van der Waals surface area contributed by atoms with Crippen LogP contribution in [0.5, 0.6) is 11.5 Å². The fourth-order valence-corrected chi connectivity index (χ4v) is 1.67. The van der Waals surface area contributed by atoms with Gasteiger partial charge >= 0.3 is 11.9 Å². The lowest BCUT2D eigenvalue weighted by molar-refractivity contribution is -0.139. The summed E-state index contributed by atoms with van der Waals surface area (Å²) in [6, 6.07) is 5.21. The van der Waals surface area contributed by atoms with Gasteiger partial charge in [0, 0.05) is 11.6 Å². The first-order chi connectivity index (χ1) is 11.5. The minimum Gasteiger partial charge on any atom is -0.493 e. The van der Waals surface area contributed by atoms with Crippen molar-refractivity contribution in [2.24, 2.45) is 0 Å². The quantitative estimate of drug-likeness (QED) is 0.393. The molecule has 0 atom stereocenters. The zero-order valence-electron chi connectivity index (χ0n) is 14.2. The number of hydrogen-bond acceptors (Lipinski definition) is 6. The van der Waals surface area contributed by atoms with E-state index in [4.69, 9.17) is 18.9 Å². The van der Waals surface area contributed by atoms with Gasteiger partial charge < -0.3 is 18.9 Å². The second-order valence-electron chi connectivity index (χ2n) is 4.76. The summed E-state index contributed by atoms with van der Waals surface area (Å²) in [4.78, 5) is 22.6. The molecule has 0 aliphatic rings. The molecule has 0 unspecified atom stereocenters. The number of ether oxygens (including phenoxy) is 4. The van der Waals surface area contributed by atoms with Crippen LogP contribution in [0.25, 0.3) is 6.08 Å². The second-order valence-corrected chi connectivity index (χ2v) is 4.76. The van der Waals surface area contributed by atoms with Crippen molar-refractivity contribution in [3.8, 4) is 11.5 Å². The van der Waals surface area contributed by atoms with Crippen LogP contribution in [-0.2, 0) is 19.1 Å². The van der Waals surface area contributed by atoms with Crippen molar-refractivity contribution in [1.82, 2.24) is 0 Å². The molecule has 0 fully saturated rings. The molecular formula is C18H22O6. The molecule has 130 valence electrons. The Balaban J connectivity index is 2.62. The molecular weight excluding hydrogens is 312 g/mol. The number of rotatable bonds is 9. The molecule has 0 amide bonds. The molecule has 1 aromatic carbocycles. The maximum atomic E-state index is 11.3. The molecule has 0 heterocycles. The predicted molar refractivity (Wildman–Crippen MR) is 89.9 cm³/mol. The van der Waals surface area contributed by atoms with Gasteiger partial charge in [-0.2, -0.15) is 0 Å². The van der Waals surface area contributed by atoms with Crippen molar-refractivity contribution in [1.29, 1.82) is 0 Å². The van der Waals surface area contributed by atoms with E-state index in [1.54, 1.807) is 38.1 Å². The van der Waals surface area contributed by atoms with Gasteiger partial charge in [-0.15, -0.1) is 0 Å². The zero-order valence-corrected chi connectivity index (χ0v) is 14.2. The van der Waals surface area contributed by atoms with Gasteiger partial charge in [-0.1, -0.05) is 12.6 Å². The maximum absolute atomic E-state index is 11.3. The van der Waals surface area contributed by atoms with E-state index in [0.29, 0.717) is 23.7 Å². The predicted octanol–water partition coefficient (Wildman–Crippen LogP) is 2.77. The average molecular weight is 334 g/mol. The van der Waals surface area contributed by atoms with E-state index in [1.165, 1.54) is 13.2 Å². The Morgan fingerprint density at radius 1 is 1.17 bits per heavy atom. The standard InChI is InChI=1S/C18H22O6/c1-5-22-17(19)9-7-14-6-8-15(16(12-14)21-4)23-10-11-24-18(20)13(2)3/h6-9,12H,2,5,10-11H2,1,3-4H3/b9-7+. The van der Waals surface area contributed by atoms with E-state index in [9.17, 15) is 9.59 Å². The third-order valence-electron chi connectivity index (χ3n) is 2.81. The van der Waals surface area contributed by atoms with Gasteiger partial charge in [0.1, 0.15) is 13.2 Å². The molecule has 6 heteroatoms. The smallest absolute Gasteiger partial charge is 0.333 e. The Bertz CT molecular complexity index is 618. The zero-order chi connectivity index (χ0) is 17.9. The summed E-state index contributed by atoms with van der Waals surface area (Å²) in [6.07, 6.45) is 2.97. The van der Waals surface area contributed by atoms with Crippen LogP contribution in [0.15, 0.2) is 36.4 Å². The van der Waals surface area contributed by atoms with E-state index < -0.39 is 11.9 Å². The third-order valence-corrected chi connectivity index (χ3v) is 2.81. The molecule has 0 aliphatic carbocycles. The lowest BCUT2D eigenvalue weighted by Gasteiger charge is -2.11. The second kappa shape index (κ2) is 10.1. The SMILES string of the molecule is C=C(C)C(=O)OCCOc1ccc(/C=C/C(=O)OCC)cc1OC. The summed E-state index contributed by atoms with van der Waals surface area (Å²) in [6.45, 7) is 7.45. The first-order valence-electron chi connectivity index (χ1n) is 7.46. The van der Waals surface area contributed by atoms with Gasteiger partial charge in [0.15, 0.2) is 11.5 Å². The summed E-state index contributed by atoms with van der Waals surface area (Å²) in [5.74, 6) is 0.158. The van der Waals surface area contributed by atoms with Crippen molar-refractivity contribution in [3.63, 3.8) is 0 Å². The molecule has 0 saturated carbocycles. The van der Waals surface area contributed by atoms with Crippen LogP contribution in [0.3, 0.4) is 0 Å². The highest BCUT2D eigenvalue weighted by atomic mass is 16.6. The van der Waals surface area contributed by atoms with Crippen LogP contribution in [0.1, 0.15) is 19.4 Å². The van der Waals surface area contributed by atoms with E-state index in [2.05, 4.69) is 6.58 Å². The van der Waals surface area contributed by atoms with Crippen molar-refractivity contribution in [3.05, 3.63) is 42.0 Å². The van der Waals surface area contributed by atoms with Crippen molar-refractivity contribution in [2.75, 3.05) is 26.9 Å². The summed E-state index contributed by atoms with van der Waals surface area (Å²) in [5, 5.41) is 0. The number of methoxy groups -OCH3 is 1. The summed E-state index contributed by atoms with van der Waals surface area (Å²) in [7, 11) is 1.52. The molecule has 0 saturated heterocycles. The van der Waals surface area contributed by atoms with Crippen LogP contribution < -0.4 is 9.47 Å². The normalized spacial score (nSPS) is 10.3. The molecule has 0 radical (unpaired) electrons. The fourth-order valence-electron chi connectivity index (χ4n) is 1.67. The lowest BCUT2D eigenvalue weighted by atomic mass is 10.2. The van der Waals surface area contributed by atoms with E-state index >= 15 is 0 Å². The maximum Gasteiger partial charge on any atom is 0.333 e. The summed E-state index contributed by atoms with van der Waals surface area (Å²) < 4.78 is 20.5. The number of benzene rings is 1. The van der Waals surface area contributed by atoms with Gasteiger partial charge in [0.2, 0.25) is 0 Å². The fraction of sp³-hybridized carbons (Fsp3) is 0.333. The highest BCUT2D eigenvalue weighted by molar-refractivity contribution is 5.87. The highest BCUT2D eigenvalue weighted by Crippen LogP contribution is 2.28. The van der Waals surface area contributed by atoms with E-state index in [-0.39, 0.29) is 13.2 Å². The van der Waals surface area contributed by atoms with Crippen LogP contribution in [0, 0.1) is 0 Å². The summed E-state index contributed by atoms with van der Waals surface area (Å²) >= 11 is 0. The van der Waals surface area contributed by atoms with E-state index in [1.807, 2.05) is 0 Å². The molecule has 0 N–H and O–H groups in total. The van der Waals surface area contributed by atoms with Gasteiger partial charge in [-0.25, -0.2) is 9.59 Å². The topological polar surface area (TPSA) is 71.1 Å². The number of hydrogen-bond donors (Lipinski definition) is 0. The minimum atomic E-state index is -0.454. The summed E-state index contributed by atoms with van der Waals surface area (Å²) in [5.41, 5.74) is 1.10. The Morgan fingerprint density at radius 2 is 1.92 bits per heavy atom. The largest absolute Gasteiger partial charge is 0.493 e. The molecule has 0 spiro atoms. The van der Waals surface area contributed by atoms with Gasteiger partial charge in [0.25, 0.3) is 0 Å². The molecule has 1 aromatic rings.